The third kappa shape index (κ3) is 3.74. The molecule has 3 nitrogen and oxygen atoms in total. The summed E-state index contributed by atoms with van der Waals surface area (Å²) in [6.45, 7) is 0. The van der Waals surface area contributed by atoms with Crippen molar-refractivity contribution < 1.29 is 54.2 Å². The Kier molecular flexibility index (Phi) is 5.14. The molecule has 0 bridgehead atoms. The second kappa shape index (κ2) is 6.15. The molecule has 1 aromatic rings. The van der Waals surface area contributed by atoms with Gasteiger partial charge in [0.1, 0.15) is 0 Å². The van der Waals surface area contributed by atoms with Gasteiger partial charge in [-0.1, -0.05) is 30.3 Å². The average Bonchev–Trinajstić information content (AvgIpc) is 2.40. The summed E-state index contributed by atoms with van der Waals surface area (Å²) < 4.78 is 117. The Morgan fingerprint density at radius 1 is 0.875 bits per heavy atom. The lowest BCUT2D eigenvalue weighted by molar-refractivity contribution is -0.361. The Balaban J connectivity index is 3.30. The molecule has 1 rings (SSSR count). The minimum absolute atomic E-state index is 0.672. The minimum Gasteiger partial charge on any atom is -0.445 e. The molecule has 0 aromatic heterocycles. The smallest absolute Gasteiger partial charge is 0.437 e. The molecular weight excluding hydrogens is 363 g/mol. The molecule has 0 radical (unpaired) electrons. The lowest BCUT2D eigenvalue weighted by atomic mass is 10.0. The molecule has 0 heterocycles. The van der Waals surface area contributed by atoms with Crippen molar-refractivity contribution in [1.82, 2.24) is 0 Å². The predicted molar refractivity (Wildman–Crippen MR) is 58.4 cm³/mol. The molecule has 0 saturated heterocycles. The van der Waals surface area contributed by atoms with Gasteiger partial charge in [0.05, 0.1) is 0 Å². The van der Waals surface area contributed by atoms with Crippen LogP contribution in [0.3, 0.4) is 0 Å². The van der Waals surface area contributed by atoms with Crippen LogP contribution in [0, 0.1) is 0 Å². The molecule has 0 amide bonds. The molecule has 1 N–H and O–H groups in total. The van der Waals surface area contributed by atoms with E-state index in [0.29, 0.717) is 12.1 Å². The van der Waals surface area contributed by atoms with E-state index in [1.165, 1.54) is 6.07 Å². The molecule has 1 atom stereocenters. The Morgan fingerprint density at radius 2 is 1.29 bits per heavy atom. The predicted octanol–water partition coefficient (Wildman–Crippen LogP) is 3.69. The lowest BCUT2D eigenvalue weighted by Crippen LogP contribution is -2.63. The van der Waals surface area contributed by atoms with Crippen LogP contribution in [0.4, 0.5) is 39.5 Å². The third-order valence-corrected chi connectivity index (χ3v) is 2.74. The van der Waals surface area contributed by atoms with Crippen LogP contribution in [0.15, 0.2) is 30.3 Å². The number of hydrogen-bond donors (Lipinski definition) is 1. The molecule has 136 valence electrons. The van der Waals surface area contributed by atoms with Crippen LogP contribution < -0.4 is 0 Å². The molecule has 0 fully saturated rings. The van der Waals surface area contributed by atoms with Gasteiger partial charge in [0.25, 0.3) is 0 Å². The summed E-state index contributed by atoms with van der Waals surface area (Å²) in [6.07, 6.45) is -22.2. The van der Waals surface area contributed by atoms with Crippen LogP contribution in [0.5, 0.6) is 0 Å². The van der Waals surface area contributed by atoms with Crippen LogP contribution in [0.25, 0.3) is 0 Å². The zero-order valence-corrected chi connectivity index (χ0v) is 11.1. The van der Waals surface area contributed by atoms with Gasteiger partial charge in [-0.3, -0.25) is 0 Å². The van der Waals surface area contributed by atoms with Gasteiger partial charge in [-0.15, -0.1) is 0 Å². The van der Waals surface area contributed by atoms with Crippen molar-refractivity contribution in [3.05, 3.63) is 35.9 Å². The number of aliphatic hydroxyl groups is 1. The van der Waals surface area contributed by atoms with E-state index < -0.39 is 41.8 Å². The minimum atomic E-state index is -6.64. The summed E-state index contributed by atoms with van der Waals surface area (Å²) >= 11 is 0. The fourth-order valence-electron chi connectivity index (χ4n) is 1.54. The van der Waals surface area contributed by atoms with Crippen molar-refractivity contribution in [1.29, 1.82) is 0 Å². The first-order valence-corrected chi connectivity index (χ1v) is 5.81. The topological polar surface area (TPSA) is 46.5 Å². The van der Waals surface area contributed by atoms with E-state index in [4.69, 9.17) is 5.11 Å². The summed E-state index contributed by atoms with van der Waals surface area (Å²) in [4.78, 5) is 11.2. The maximum Gasteiger partial charge on any atom is 0.437 e. The molecule has 0 saturated carbocycles. The Morgan fingerprint density at radius 3 is 1.62 bits per heavy atom. The van der Waals surface area contributed by atoms with Gasteiger partial charge in [0.15, 0.2) is 0 Å². The first kappa shape index (κ1) is 20.1. The van der Waals surface area contributed by atoms with Crippen molar-refractivity contribution in [2.24, 2.45) is 0 Å². The standard InChI is InChI=1S/C12H7F9O3/c13-10(14,15)7(6-4-2-1-3-5-6)24-8(22)9(23,11(16,17)18)12(19,20)21/h1-5,7,23H. The van der Waals surface area contributed by atoms with E-state index in [0.717, 1.165) is 12.1 Å². The van der Waals surface area contributed by atoms with Crippen molar-refractivity contribution in [2.45, 2.75) is 30.2 Å². The summed E-state index contributed by atoms with van der Waals surface area (Å²) in [5.41, 5.74) is -7.02. The van der Waals surface area contributed by atoms with Crippen molar-refractivity contribution >= 4 is 5.97 Å². The highest BCUT2D eigenvalue weighted by Gasteiger charge is 2.77. The maximum atomic E-state index is 12.8. The number of halogens is 9. The lowest BCUT2D eigenvalue weighted by Gasteiger charge is -2.32. The molecule has 1 aromatic carbocycles. The van der Waals surface area contributed by atoms with Crippen LogP contribution in [0.2, 0.25) is 0 Å². The molecule has 0 aliphatic carbocycles. The molecule has 12 heteroatoms. The SMILES string of the molecule is O=C(OC(c1ccccc1)C(F)(F)F)C(O)(C(F)(F)F)C(F)(F)F. The van der Waals surface area contributed by atoms with Crippen LogP contribution in [-0.2, 0) is 9.53 Å². The molecular formula is C12H7F9O3. The quantitative estimate of drug-likeness (QED) is 0.652. The second-order valence-corrected chi connectivity index (χ2v) is 4.44. The van der Waals surface area contributed by atoms with Gasteiger partial charge in [-0.25, -0.2) is 4.79 Å². The Hall–Kier alpha value is -1.98. The van der Waals surface area contributed by atoms with Crippen molar-refractivity contribution in [2.75, 3.05) is 0 Å². The molecule has 0 spiro atoms. The number of rotatable bonds is 3. The van der Waals surface area contributed by atoms with Crippen molar-refractivity contribution in [3.63, 3.8) is 0 Å². The maximum absolute atomic E-state index is 12.8. The number of hydrogen-bond acceptors (Lipinski definition) is 3. The number of carbonyl (C=O) groups is 1. The molecule has 24 heavy (non-hydrogen) atoms. The Labute approximate surface area is 127 Å². The van der Waals surface area contributed by atoms with Gasteiger partial charge in [0.2, 0.25) is 6.10 Å². The van der Waals surface area contributed by atoms with E-state index in [1.54, 1.807) is 0 Å². The van der Waals surface area contributed by atoms with E-state index in [9.17, 15) is 44.3 Å². The van der Waals surface area contributed by atoms with Crippen LogP contribution in [-0.4, -0.2) is 35.2 Å². The second-order valence-electron chi connectivity index (χ2n) is 4.44. The average molecular weight is 370 g/mol. The Bertz CT molecular complexity index is 560. The van der Waals surface area contributed by atoms with Crippen LogP contribution >= 0.6 is 0 Å². The first-order chi connectivity index (χ1) is 10.6. The number of alkyl halides is 9. The first-order valence-electron chi connectivity index (χ1n) is 5.81. The molecule has 0 aliphatic heterocycles. The van der Waals surface area contributed by atoms with Crippen molar-refractivity contribution in [3.8, 4) is 0 Å². The highest BCUT2D eigenvalue weighted by atomic mass is 19.4. The molecule has 0 aliphatic rings. The fraction of sp³-hybridized carbons (Fsp3) is 0.417. The summed E-state index contributed by atoms with van der Waals surface area (Å²) in [6, 6.07) is 4.53. The number of ether oxygens (including phenoxy) is 1. The van der Waals surface area contributed by atoms with Gasteiger partial charge in [-0.2, -0.15) is 39.5 Å². The van der Waals surface area contributed by atoms with E-state index in [1.807, 2.05) is 0 Å². The highest BCUT2D eigenvalue weighted by molar-refractivity contribution is 5.82. The summed E-state index contributed by atoms with van der Waals surface area (Å²) in [7, 11) is 0. The van der Waals surface area contributed by atoms with Gasteiger partial charge in [0, 0.05) is 5.56 Å². The van der Waals surface area contributed by atoms with Gasteiger partial charge >= 0.3 is 30.1 Å². The van der Waals surface area contributed by atoms with E-state index in [-0.39, 0.29) is 0 Å². The largest absolute Gasteiger partial charge is 0.445 e. The third-order valence-electron chi connectivity index (χ3n) is 2.74. The normalized spacial score (nSPS) is 15.1. The van der Waals surface area contributed by atoms with E-state index >= 15 is 0 Å². The van der Waals surface area contributed by atoms with Crippen LogP contribution in [0.1, 0.15) is 11.7 Å². The monoisotopic (exact) mass is 370 g/mol. The summed E-state index contributed by atoms with van der Waals surface area (Å²) in [5, 5.41) is 8.72. The molecule has 1 unspecified atom stereocenters. The zero-order valence-electron chi connectivity index (χ0n) is 11.1. The fourth-order valence-corrected chi connectivity index (χ4v) is 1.54. The number of carbonyl (C=O) groups excluding carboxylic acids is 1. The number of benzene rings is 1. The number of esters is 1. The van der Waals surface area contributed by atoms with Gasteiger partial charge in [-0.05, 0) is 0 Å². The highest BCUT2D eigenvalue weighted by Crippen LogP contribution is 2.46. The zero-order chi connectivity index (χ0) is 19.0. The summed E-state index contributed by atoms with van der Waals surface area (Å²) in [5.74, 6) is -3.53. The van der Waals surface area contributed by atoms with Gasteiger partial charge < -0.3 is 9.84 Å². The van der Waals surface area contributed by atoms with E-state index in [2.05, 4.69) is 4.74 Å².